The molecule has 1 fully saturated rings. The normalized spacial score (nSPS) is 18.7. The number of piperidine rings is 1. The van der Waals surface area contributed by atoms with Crippen molar-refractivity contribution < 1.29 is 4.39 Å². The van der Waals surface area contributed by atoms with E-state index in [1.54, 1.807) is 13.0 Å². The second-order valence-electron chi connectivity index (χ2n) is 9.30. The Kier molecular flexibility index (Phi) is 7.14. The molecular formula is C22H33FN6S. The van der Waals surface area contributed by atoms with Crippen molar-refractivity contribution in [2.45, 2.75) is 64.6 Å². The largest absolute Gasteiger partial charge is 0.402 e. The topological polar surface area (TPSA) is 113 Å². The lowest BCUT2D eigenvalue weighted by molar-refractivity contribution is 0.114. The second-order valence-corrected chi connectivity index (χ2v) is 10.3. The van der Waals surface area contributed by atoms with Gasteiger partial charge in [-0.05, 0) is 77.4 Å². The van der Waals surface area contributed by atoms with E-state index >= 15 is 0 Å². The molecule has 1 aromatic rings. The van der Waals surface area contributed by atoms with E-state index in [1.807, 2.05) is 11.9 Å². The Labute approximate surface area is 183 Å². The minimum Gasteiger partial charge on any atom is -0.402 e. The van der Waals surface area contributed by atoms with E-state index in [1.165, 1.54) is 18.2 Å². The molecule has 0 unspecified atom stereocenters. The molecule has 0 bridgehead atoms. The molecule has 1 saturated heterocycles. The van der Waals surface area contributed by atoms with E-state index in [4.69, 9.17) is 22.0 Å². The maximum Gasteiger partial charge on any atom is 0.162 e. The maximum atomic E-state index is 14.6. The molecule has 0 aromatic heterocycles. The van der Waals surface area contributed by atoms with Crippen molar-refractivity contribution >= 4 is 27.7 Å². The Hall–Kier alpha value is -2.19. The number of nitrogens with one attached hydrogen (secondary N) is 4. The molecule has 6 nitrogen and oxygen atoms in total. The highest BCUT2D eigenvalue weighted by Crippen LogP contribution is 2.32. The highest BCUT2D eigenvalue weighted by molar-refractivity contribution is 8.26. The molecule has 1 heterocycles. The van der Waals surface area contributed by atoms with Gasteiger partial charge < -0.3 is 21.4 Å². The van der Waals surface area contributed by atoms with Gasteiger partial charge in [-0.3, -0.25) is 10.8 Å². The van der Waals surface area contributed by atoms with Crippen LogP contribution in [0.25, 0.3) is 0 Å². The van der Waals surface area contributed by atoms with Crippen molar-refractivity contribution in [3.05, 3.63) is 46.9 Å². The number of amidine groups is 1. The van der Waals surface area contributed by atoms with Gasteiger partial charge in [0, 0.05) is 41.0 Å². The quantitative estimate of drug-likeness (QED) is 0.361. The number of nitrogens with zero attached hydrogens (tertiary/aromatic N) is 1. The van der Waals surface area contributed by atoms with Crippen molar-refractivity contribution in [2.24, 2.45) is 5.73 Å². The molecule has 2 rings (SSSR count). The maximum absolute atomic E-state index is 14.6. The second kappa shape index (κ2) is 8.89. The monoisotopic (exact) mass is 432 g/mol. The third kappa shape index (κ3) is 6.15. The Balaban J connectivity index is 2.11. The van der Waals surface area contributed by atoms with Gasteiger partial charge in [0.15, 0.2) is 5.17 Å². The van der Waals surface area contributed by atoms with E-state index in [2.05, 4.69) is 33.0 Å². The summed E-state index contributed by atoms with van der Waals surface area (Å²) in [4.78, 5) is 1.89. The zero-order valence-electron chi connectivity index (χ0n) is 18.6. The van der Waals surface area contributed by atoms with Crippen LogP contribution in [0.15, 0.2) is 30.0 Å². The van der Waals surface area contributed by atoms with Crippen LogP contribution in [0.3, 0.4) is 0 Å². The fourth-order valence-corrected chi connectivity index (χ4v) is 4.87. The van der Waals surface area contributed by atoms with Gasteiger partial charge in [0.25, 0.3) is 0 Å². The Morgan fingerprint density at radius 2 is 1.77 bits per heavy atom. The predicted octanol–water partition coefficient (Wildman–Crippen LogP) is 4.29. The smallest absolute Gasteiger partial charge is 0.162 e. The summed E-state index contributed by atoms with van der Waals surface area (Å²) >= 11 is 0.940. The minimum atomic E-state index is -0.586. The number of halogens is 1. The van der Waals surface area contributed by atoms with E-state index in [0.717, 1.165) is 24.6 Å². The van der Waals surface area contributed by atoms with Crippen LogP contribution in [0.4, 0.5) is 4.39 Å². The highest BCUT2D eigenvalue weighted by Gasteiger charge is 2.39. The summed E-state index contributed by atoms with van der Waals surface area (Å²) in [5, 5.41) is 28.6. The van der Waals surface area contributed by atoms with Gasteiger partial charge in [-0.15, -0.1) is 0 Å². The number of hydrogen-bond acceptors (Lipinski definition) is 6. The molecule has 1 aliphatic heterocycles. The van der Waals surface area contributed by atoms with Gasteiger partial charge in [0.05, 0.1) is 5.71 Å². The fraction of sp³-hybridized carbons (Fsp3) is 0.500. The van der Waals surface area contributed by atoms with E-state index in [0.29, 0.717) is 11.3 Å². The molecule has 0 aliphatic carbocycles. The van der Waals surface area contributed by atoms with Crippen LogP contribution < -0.4 is 11.1 Å². The van der Waals surface area contributed by atoms with Crippen molar-refractivity contribution in [1.29, 1.82) is 16.2 Å². The first-order valence-corrected chi connectivity index (χ1v) is 10.7. The summed E-state index contributed by atoms with van der Waals surface area (Å²) in [5.41, 5.74) is 6.57. The Morgan fingerprint density at radius 3 is 2.27 bits per heavy atom. The summed E-state index contributed by atoms with van der Waals surface area (Å²) in [5.74, 6) is -0.586. The van der Waals surface area contributed by atoms with Crippen LogP contribution >= 0.6 is 11.8 Å². The van der Waals surface area contributed by atoms with Crippen LogP contribution in [0.2, 0.25) is 0 Å². The summed E-state index contributed by atoms with van der Waals surface area (Å²) < 4.78 is 14.6. The molecule has 0 atom stereocenters. The zero-order valence-corrected chi connectivity index (χ0v) is 19.4. The molecule has 6 N–H and O–H groups in total. The Bertz CT molecular complexity index is 870. The molecule has 0 amide bonds. The summed E-state index contributed by atoms with van der Waals surface area (Å²) in [6.45, 7) is 10.3. The third-order valence-electron chi connectivity index (χ3n) is 5.13. The number of nitrogens with two attached hydrogens (primary N) is 1. The van der Waals surface area contributed by atoms with Gasteiger partial charge in [0.2, 0.25) is 0 Å². The standard InChI is InChI=1S/C22H33FN6S/c1-13(24)9-18(25)14-7-8-16(17(23)10-14)19(26)30-20(27)29(6)15-11-21(2,3)28-22(4,5)12-15/h7-10,15,25-28H,11-12,24H2,1-6H3. The summed E-state index contributed by atoms with van der Waals surface area (Å²) in [6, 6.07) is 4.47. The number of thioether (sulfide) groups is 1. The lowest BCUT2D eigenvalue weighted by Gasteiger charge is -2.49. The van der Waals surface area contributed by atoms with Gasteiger partial charge in [-0.25, -0.2) is 4.39 Å². The lowest BCUT2D eigenvalue weighted by atomic mass is 9.79. The molecule has 8 heteroatoms. The van der Waals surface area contributed by atoms with Crippen LogP contribution in [-0.2, 0) is 0 Å². The zero-order chi connectivity index (χ0) is 22.9. The summed E-state index contributed by atoms with van der Waals surface area (Å²) in [7, 11) is 1.87. The number of benzene rings is 1. The molecule has 1 aromatic carbocycles. The first-order chi connectivity index (χ1) is 13.7. The van der Waals surface area contributed by atoms with E-state index in [-0.39, 0.29) is 38.6 Å². The average Bonchev–Trinajstić information content (AvgIpc) is 2.57. The van der Waals surface area contributed by atoms with Crippen molar-refractivity contribution in [1.82, 2.24) is 10.2 Å². The van der Waals surface area contributed by atoms with Crippen molar-refractivity contribution in [3.8, 4) is 0 Å². The number of rotatable bonds is 4. The van der Waals surface area contributed by atoms with Crippen LogP contribution in [0.5, 0.6) is 0 Å². The van der Waals surface area contributed by atoms with Crippen LogP contribution in [0.1, 0.15) is 58.6 Å². The molecular weight excluding hydrogens is 399 g/mol. The third-order valence-corrected chi connectivity index (χ3v) is 6.04. The molecule has 0 spiro atoms. The Morgan fingerprint density at radius 1 is 1.20 bits per heavy atom. The average molecular weight is 433 g/mol. The van der Waals surface area contributed by atoms with E-state index < -0.39 is 5.82 Å². The highest BCUT2D eigenvalue weighted by atomic mass is 32.2. The van der Waals surface area contributed by atoms with Gasteiger partial charge >= 0.3 is 0 Å². The number of allylic oxidation sites excluding steroid dienone is 2. The molecule has 0 saturated carbocycles. The number of hydrogen-bond donors (Lipinski definition) is 5. The van der Waals surface area contributed by atoms with Crippen LogP contribution in [0, 0.1) is 22.0 Å². The molecule has 30 heavy (non-hydrogen) atoms. The molecule has 164 valence electrons. The fourth-order valence-electron chi connectivity index (χ4n) is 4.11. The first kappa shape index (κ1) is 24.1. The molecule has 0 radical (unpaired) electrons. The molecule has 1 aliphatic rings. The summed E-state index contributed by atoms with van der Waals surface area (Å²) in [6.07, 6.45) is 3.21. The predicted molar refractivity (Wildman–Crippen MR) is 125 cm³/mol. The minimum absolute atomic E-state index is 0.0274. The first-order valence-electron chi connectivity index (χ1n) is 9.90. The SMILES string of the molecule is CC(N)=CC(=N)c1ccc(C(=N)SC(=N)N(C)C2CC(C)(C)NC(C)(C)C2)c(F)c1. The van der Waals surface area contributed by atoms with Gasteiger partial charge in [0.1, 0.15) is 10.9 Å². The van der Waals surface area contributed by atoms with E-state index in [9.17, 15) is 4.39 Å². The van der Waals surface area contributed by atoms with Crippen molar-refractivity contribution in [2.75, 3.05) is 7.05 Å². The van der Waals surface area contributed by atoms with Gasteiger partial charge in [-0.2, -0.15) is 0 Å². The lowest BCUT2D eigenvalue weighted by Crippen LogP contribution is -2.62. The van der Waals surface area contributed by atoms with Crippen molar-refractivity contribution in [3.63, 3.8) is 0 Å². The van der Waals surface area contributed by atoms with Crippen LogP contribution in [-0.4, -0.2) is 45.0 Å². The van der Waals surface area contributed by atoms with Gasteiger partial charge in [-0.1, -0.05) is 6.07 Å².